The van der Waals surface area contributed by atoms with E-state index in [2.05, 4.69) is 10.5 Å². The SMILES string of the molecule is C1CCCNB(CB2CCCCCCCN2)CCC1. The molecule has 2 heterocycles. The van der Waals surface area contributed by atoms with Gasteiger partial charge in [0.05, 0.1) is 0 Å². The molecule has 0 atom stereocenters. The summed E-state index contributed by atoms with van der Waals surface area (Å²) in [5.74, 6) is 0. The van der Waals surface area contributed by atoms with Crippen LogP contribution in [-0.4, -0.2) is 26.8 Å². The Bertz CT molecular complexity index is 184. The van der Waals surface area contributed by atoms with E-state index in [0.717, 1.165) is 13.7 Å². The van der Waals surface area contributed by atoms with E-state index in [9.17, 15) is 0 Å². The highest BCUT2D eigenvalue weighted by Crippen LogP contribution is 2.16. The Morgan fingerprint density at radius 1 is 0.526 bits per heavy atom. The third kappa shape index (κ3) is 6.85. The molecule has 0 aliphatic carbocycles. The fourth-order valence-electron chi connectivity index (χ4n) is 3.65. The molecule has 2 aliphatic heterocycles. The summed E-state index contributed by atoms with van der Waals surface area (Å²) in [4.78, 5) is 0. The average molecular weight is 262 g/mol. The summed E-state index contributed by atoms with van der Waals surface area (Å²) in [5.41, 5.74) is 0. The second-order valence-electron chi connectivity index (χ2n) is 6.65. The summed E-state index contributed by atoms with van der Waals surface area (Å²) in [6, 6.07) is 0. The van der Waals surface area contributed by atoms with E-state index in [4.69, 9.17) is 0 Å². The Morgan fingerprint density at radius 2 is 0.947 bits per heavy atom. The largest absolute Gasteiger partial charge is 0.356 e. The van der Waals surface area contributed by atoms with Crippen molar-refractivity contribution in [3.63, 3.8) is 0 Å². The van der Waals surface area contributed by atoms with E-state index in [1.807, 2.05) is 0 Å². The van der Waals surface area contributed by atoms with E-state index >= 15 is 0 Å². The molecule has 0 bridgehead atoms. The van der Waals surface area contributed by atoms with Crippen molar-refractivity contribution in [2.75, 3.05) is 13.1 Å². The second-order valence-corrected chi connectivity index (χ2v) is 6.65. The summed E-state index contributed by atoms with van der Waals surface area (Å²) < 4.78 is 0. The first-order chi connectivity index (χ1) is 9.45. The van der Waals surface area contributed by atoms with Gasteiger partial charge in [0.1, 0.15) is 0 Å². The van der Waals surface area contributed by atoms with Gasteiger partial charge in [0.2, 0.25) is 13.7 Å². The van der Waals surface area contributed by atoms with Crippen molar-refractivity contribution < 1.29 is 0 Å². The zero-order valence-electron chi connectivity index (χ0n) is 12.8. The molecule has 0 saturated carbocycles. The molecule has 2 rings (SSSR count). The van der Waals surface area contributed by atoms with Crippen molar-refractivity contribution in [3.8, 4) is 0 Å². The topological polar surface area (TPSA) is 24.1 Å². The van der Waals surface area contributed by atoms with Crippen LogP contribution >= 0.6 is 0 Å². The maximum atomic E-state index is 3.82. The Kier molecular flexibility index (Phi) is 8.02. The molecule has 2 nitrogen and oxygen atoms in total. The van der Waals surface area contributed by atoms with E-state index in [1.54, 1.807) is 0 Å². The maximum absolute atomic E-state index is 3.82. The summed E-state index contributed by atoms with van der Waals surface area (Å²) in [6.07, 6.45) is 18.5. The molecule has 0 spiro atoms. The zero-order chi connectivity index (χ0) is 13.2. The minimum atomic E-state index is 0.774. The monoisotopic (exact) mass is 262 g/mol. The van der Waals surface area contributed by atoms with Gasteiger partial charge in [-0.15, -0.1) is 0 Å². The van der Waals surface area contributed by atoms with Crippen LogP contribution in [0.2, 0.25) is 18.9 Å². The summed E-state index contributed by atoms with van der Waals surface area (Å²) in [5, 5.41) is 7.64. The third-order valence-corrected chi connectivity index (χ3v) is 4.89. The van der Waals surface area contributed by atoms with E-state index in [-0.39, 0.29) is 0 Å². The van der Waals surface area contributed by atoms with Crippen molar-refractivity contribution in [2.24, 2.45) is 0 Å². The molecule has 0 radical (unpaired) electrons. The van der Waals surface area contributed by atoms with Gasteiger partial charge in [-0.1, -0.05) is 70.2 Å². The Hall–Kier alpha value is 0.0499. The van der Waals surface area contributed by atoms with Gasteiger partial charge in [0, 0.05) is 0 Å². The molecule has 0 amide bonds. The van der Waals surface area contributed by atoms with Gasteiger partial charge >= 0.3 is 0 Å². The zero-order valence-corrected chi connectivity index (χ0v) is 12.8. The Balaban J connectivity index is 1.74. The number of rotatable bonds is 2. The van der Waals surface area contributed by atoms with Crippen LogP contribution in [0.4, 0.5) is 0 Å². The van der Waals surface area contributed by atoms with E-state index in [1.165, 1.54) is 96.2 Å². The first kappa shape index (κ1) is 15.4. The molecule has 108 valence electrons. The third-order valence-electron chi connectivity index (χ3n) is 4.89. The van der Waals surface area contributed by atoms with Gasteiger partial charge < -0.3 is 10.5 Å². The van der Waals surface area contributed by atoms with Crippen LogP contribution in [0, 0.1) is 0 Å². The first-order valence-electron chi connectivity index (χ1n) is 8.92. The molecule has 0 aromatic carbocycles. The molecule has 0 aromatic rings. The minimum Gasteiger partial charge on any atom is -0.356 e. The van der Waals surface area contributed by atoms with Gasteiger partial charge in [-0.3, -0.25) is 0 Å². The highest BCUT2D eigenvalue weighted by Gasteiger charge is 2.23. The lowest BCUT2D eigenvalue weighted by atomic mass is 9.36. The normalized spacial score (nSPS) is 24.6. The maximum Gasteiger partial charge on any atom is 0.214 e. The fraction of sp³-hybridized carbons (Fsp3) is 1.00. The van der Waals surface area contributed by atoms with Gasteiger partial charge in [0.25, 0.3) is 0 Å². The van der Waals surface area contributed by atoms with Crippen LogP contribution in [0.1, 0.15) is 64.2 Å². The fourth-order valence-corrected chi connectivity index (χ4v) is 3.65. The summed E-state index contributed by atoms with van der Waals surface area (Å²) >= 11 is 0. The molecule has 2 aliphatic rings. The van der Waals surface area contributed by atoms with E-state index in [0.29, 0.717) is 0 Å². The van der Waals surface area contributed by atoms with Crippen LogP contribution in [-0.2, 0) is 0 Å². The van der Waals surface area contributed by atoms with Crippen molar-refractivity contribution in [1.82, 2.24) is 10.5 Å². The van der Waals surface area contributed by atoms with Gasteiger partial charge in [-0.05, 0) is 25.9 Å². The number of nitrogens with one attached hydrogen (secondary N) is 2. The molecule has 4 heteroatoms. The molecule has 2 fully saturated rings. The Morgan fingerprint density at radius 3 is 1.47 bits per heavy atom. The van der Waals surface area contributed by atoms with Gasteiger partial charge in [0.15, 0.2) is 0 Å². The predicted molar refractivity (Wildman–Crippen MR) is 88.1 cm³/mol. The van der Waals surface area contributed by atoms with Crippen LogP contribution in [0.25, 0.3) is 0 Å². The molecule has 19 heavy (non-hydrogen) atoms. The highest BCUT2D eigenvalue weighted by atomic mass is 14.8. The molecule has 0 unspecified atom stereocenters. The molecule has 2 saturated heterocycles. The second kappa shape index (κ2) is 9.88. The molecule has 0 aromatic heterocycles. The van der Waals surface area contributed by atoms with Gasteiger partial charge in [-0.25, -0.2) is 0 Å². The van der Waals surface area contributed by atoms with E-state index < -0.39 is 0 Å². The smallest absolute Gasteiger partial charge is 0.214 e. The first-order valence-corrected chi connectivity index (χ1v) is 8.92. The summed E-state index contributed by atoms with van der Waals surface area (Å²) in [6.45, 7) is 4.04. The lowest BCUT2D eigenvalue weighted by Crippen LogP contribution is -2.44. The predicted octanol–water partition coefficient (Wildman–Crippen LogP) is 3.62. The van der Waals surface area contributed by atoms with Gasteiger partial charge in [-0.2, -0.15) is 0 Å². The van der Waals surface area contributed by atoms with Crippen molar-refractivity contribution in [2.45, 2.75) is 83.1 Å². The number of hydrogen-bond donors (Lipinski definition) is 2. The lowest BCUT2D eigenvalue weighted by molar-refractivity contribution is 0.640. The molecular weight excluding hydrogens is 230 g/mol. The molecular formula is C15H32B2N2. The lowest BCUT2D eigenvalue weighted by Gasteiger charge is -2.20. The van der Waals surface area contributed by atoms with Crippen molar-refractivity contribution in [1.29, 1.82) is 0 Å². The highest BCUT2D eigenvalue weighted by molar-refractivity contribution is 6.75. The minimum absolute atomic E-state index is 0.774. The van der Waals surface area contributed by atoms with Crippen molar-refractivity contribution in [3.05, 3.63) is 0 Å². The Labute approximate surface area is 121 Å². The van der Waals surface area contributed by atoms with Crippen LogP contribution in [0.5, 0.6) is 0 Å². The average Bonchev–Trinajstić information content (AvgIpc) is 2.62. The van der Waals surface area contributed by atoms with Crippen LogP contribution in [0.15, 0.2) is 0 Å². The van der Waals surface area contributed by atoms with Crippen molar-refractivity contribution >= 4 is 13.7 Å². The summed E-state index contributed by atoms with van der Waals surface area (Å²) in [7, 11) is 0. The number of hydrogen-bond acceptors (Lipinski definition) is 2. The van der Waals surface area contributed by atoms with Crippen LogP contribution < -0.4 is 10.5 Å². The van der Waals surface area contributed by atoms with Crippen LogP contribution in [0.3, 0.4) is 0 Å². The standard InChI is InChI=1S/C15H32B2N2/c1-3-7-11-16(18-13-9-5-1)15-17-12-8-4-2-6-10-14-19-17/h18-19H,1-15H2. The molecule has 2 N–H and O–H groups in total. The quantitative estimate of drug-likeness (QED) is 0.743.